The van der Waals surface area contributed by atoms with E-state index in [2.05, 4.69) is 9.88 Å². The lowest BCUT2D eigenvalue weighted by atomic mass is 9.97. The zero-order valence-corrected chi connectivity index (χ0v) is 18.3. The lowest BCUT2D eigenvalue weighted by Crippen LogP contribution is -2.35. The Morgan fingerprint density at radius 3 is 2.48 bits per heavy atom. The van der Waals surface area contributed by atoms with E-state index in [1.807, 2.05) is 6.07 Å². The average Bonchev–Trinajstić information content (AvgIpc) is 3.10. The van der Waals surface area contributed by atoms with Crippen LogP contribution in [0.3, 0.4) is 0 Å². The van der Waals surface area contributed by atoms with Crippen molar-refractivity contribution in [3.8, 4) is 17.4 Å². The highest BCUT2D eigenvalue weighted by Gasteiger charge is 2.40. The van der Waals surface area contributed by atoms with Gasteiger partial charge in [-0.1, -0.05) is 35.9 Å². The van der Waals surface area contributed by atoms with Crippen molar-refractivity contribution in [2.24, 2.45) is 5.92 Å². The maximum atomic E-state index is 14.3. The summed E-state index contributed by atoms with van der Waals surface area (Å²) in [5, 5.41) is 8.86. The SMILES string of the molecule is Oc1cccc(CN2CCC(COc3nc(C(F)(F)F)c(Cl)n3-c3ccccc3F)CC2)c1. The third-order valence-corrected chi connectivity index (χ3v) is 5.97. The fourth-order valence-electron chi connectivity index (χ4n) is 3.92. The molecule has 5 nitrogen and oxygen atoms in total. The van der Waals surface area contributed by atoms with Gasteiger partial charge in [-0.15, -0.1) is 0 Å². The minimum atomic E-state index is -4.80. The van der Waals surface area contributed by atoms with Crippen molar-refractivity contribution < 1.29 is 27.4 Å². The van der Waals surface area contributed by atoms with Crippen LogP contribution in [0.25, 0.3) is 5.69 Å². The molecule has 33 heavy (non-hydrogen) atoms. The molecular formula is C23H22ClF4N3O2. The Hall–Kier alpha value is -2.78. The van der Waals surface area contributed by atoms with Crippen LogP contribution in [0.5, 0.6) is 11.8 Å². The van der Waals surface area contributed by atoms with E-state index in [-0.39, 0.29) is 30.0 Å². The predicted octanol–water partition coefficient (Wildman–Crippen LogP) is 5.68. The summed E-state index contributed by atoms with van der Waals surface area (Å²) in [5.74, 6) is -0.419. The summed E-state index contributed by atoms with van der Waals surface area (Å²) in [6.45, 7) is 2.39. The molecule has 0 saturated carbocycles. The standard InChI is InChI=1S/C23H22ClF4N3O2/c24-21-20(23(26,27)28)29-22(31(21)19-7-2-1-6-18(19)25)33-14-15-8-10-30(11-9-15)13-16-4-3-5-17(32)12-16/h1-7,12,15,32H,8-11,13-14H2. The second-order valence-corrected chi connectivity index (χ2v) is 8.38. The number of imidazole rings is 1. The monoisotopic (exact) mass is 483 g/mol. The summed E-state index contributed by atoms with van der Waals surface area (Å²) < 4.78 is 60.9. The van der Waals surface area contributed by atoms with Gasteiger partial charge in [0.1, 0.15) is 16.7 Å². The maximum absolute atomic E-state index is 14.3. The zero-order valence-electron chi connectivity index (χ0n) is 17.5. The van der Waals surface area contributed by atoms with E-state index in [0.717, 1.165) is 42.1 Å². The lowest BCUT2D eigenvalue weighted by molar-refractivity contribution is -0.141. The Bertz CT molecular complexity index is 1110. The van der Waals surface area contributed by atoms with Gasteiger partial charge in [-0.05, 0) is 61.7 Å². The van der Waals surface area contributed by atoms with Crippen LogP contribution in [0.15, 0.2) is 48.5 Å². The molecule has 4 rings (SSSR count). The van der Waals surface area contributed by atoms with Crippen LogP contribution >= 0.6 is 11.6 Å². The van der Waals surface area contributed by atoms with Gasteiger partial charge in [-0.3, -0.25) is 4.90 Å². The number of halogens is 5. The molecule has 3 aromatic rings. The van der Waals surface area contributed by atoms with E-state index in [1.165, 1.54) is 18.2 Å². The van der Waals surface area contributed by atoms with Crippen LogP contribution < -0.4 is 4.74 Å². The van der Waals surface area contributed by atoms with E-state index >= 15 is 0 Å². The molecule has 1 aliphatic heterocycles. The minimum absolute atomic E-state index is 0.101. The Kier molecular flexibility index (Phi) is 6.81. The summed E-state index contributed by atoms with van der Waals surface area (Å²) in [4.78, 5) is 5.79. The molecule has 0 aliphatic carbocycles. The highest BCUT2D eigenvalue weighted by atomic mass is 35.5. The molecule has 10 heteroatoms. The summed E-state index contributed by atoms with van der Waals surface area (Å²) in [7, 11) is 0. The first-order valence-electron chi connectivity index (χ1n) is 10.5. The van der Waals surface area contributed by atoms with Gasteiger partial charge in [0.25, 0.3) is 0 Å². The normalized spacial score (nSPS) is 15.7. The van der Waals surface area contributed by atoms with Crippen molar-refractivity contribution in [1.82, 2.24) is 14.5 Å². The Morgan fingerprint density at radius 1 is 1.09 bits per heavy atom. The van der Waals surface area contributed by atoms with Crippen molar-refractivity contribution in [2.75, 3.05) is 19.7 Å². The van der Waals surface area contributed by atoms with Crippen LogP contribution in [0.4, 0.5) is 17.6 Å². The number of para-hydroxylation sites is 1. The molecule has 0 atom stereocenters. The summed E-state index contributed by atoms with van der Waals surface area (Å²) in [6, 6.07) is 12.1. The van der Waals surface area contributed by atoms with Gasteiger partial charge in [-0.25, -0.2) is 8.96 Å². The Labute approximate surface area is 193 Å². The Balaban J connectivity index is 1.44. The molecule has 1 aromatic heterocycles. The zero-order chi connectivity index (χ0) is 23.6. The Morgan fingerprint density at radius 2 is 1.82 bits per heavy atom. The first kappa shape index (κ1) is 23.4. The van der Waals surface area contributed by atoms with E-state index in [1.54, 1.807) is 18.2 Å². The number of benzene rings is 2. The molecule has 0 amide bonds. The van der Waals surface area contributed by atoms with E-state index in [0.29, 0.717) is 6.54 Å². The van der Waals surface area contributed by atoms with Crippen molar-refractivity contribution >= 4 is 11.6 Å². The summed E-state index contributed by atoms with van der Waals surface area (Å²) in [6.07, 6.45) is -3.25. The van der Waals surface area contributed by atoms with Gasteiger partial charge < -0.3 is 9.84 Å². The molecule has 1 N–H and O–H groups in total. The van der Waals surface area contributed by atoms with Crippen LogP contribution in [-0.4, -0.2) is 39.3 Å². The van der Waals surface area contributed by atoms with Crippen LogP contribution in [0, 0.1) is 11.7 Å². The molecule has 2 aromatic carbocycles. The second-order valence-electron chi connectivity index (χ2n) is 8.02. The minimum Gasteiger partial charge on any atom is -0.508 e. The van der Waals surface area contributed by atoms with Gasteiger partial charge in [-0.2, -0.15) is 18.2 Å². The number of phenols is 1. The highest BCUT2D eigenvalue weighted by Crippen LogP contribution is 2.39. The molecular weight excluding hydrogens is 462 g/mol. The molecule has 0 radical (unpaired) electrons. The number of nitrogens with zero attached hydrogens (tertiary/aromatic N) is 3. The molecule has 1 saturated heterocycles. The van der Waals surface area contributed by atoms with Gasteiger partial charge in [0.15, 0.2) is 5.69 Å². The smallest absolute Gasteiger partial charge is 0.436 e. The molecule has 1 fully saturated rings. The number of ether oxygens (including phenoxy) is 1. The van der Waals surface area contributed by atoms with Crippen molar-refractivity contribution in [3.63, 3.8) is 0 Å². The van der Waals surface area contributed by atoms with Crippen molar-refractivity contribution in [1.29, 1.82) is 0 Å². The molecule has 0 bridgehead atoms. The fourth-order valence-corrected chi connectivity index (χ4v) is 4.23. The fraction of sp³-hybridized carbons (Fsp3) is 0.348. The second kappa shape index (κ2) is 9.61. The van der Waals surface area contributed by atoms with Crippen LogP contribution in [0.2, 0.25) is 5.15 Å². The average molecular weight is 484 g/mol. The highest BCUT2D eigenvalue weighted by molar-refractivity contribution is 6.30. The number of likely N-dealkylation sites (tertiary alicyclic amines) is 1. The van der Waals surface area contributed by atoms with E-state index < -0.39 is 22.8 Å². The lowest BCUT2D eigenvalue weighted by Gasteiger charge is -2.31. The third-order valence-electron chi connectivity index (χ3n) is 5.62. The number of rotatable bonds is 6. The number of alkyl halides is 3. The number of aromatic hydroxyl groups is 1. The molecule has 1 aliphatic rings. The topological polar surface area (TPSA) is 50.5 Å². The first-order chi connectivity index (χ1) is 15.7. The van der Waals surface area contributed by atoms with Gasteiger partial charge in [0, 0.05) is 6.54 Å². The largest absolute Gasteiger partial charge is 0.508 e. The number of hydrogen-bond donors (Lipinski definition) is 1. The predicted molar refractivity (Wildman–Crippen MR) is 115 cm³/mol. The van der Waals surface area contributed by atoms with Crippen LogP contribution in [-0.2, 0) is 12.7 Å². The third kappa shape index (κ3) is 5.42. The summed E-state index contributed by atoms with van der Waals surface area (Å²) >= 11 is 5.96. The van der Waals surface area contributed by atoms with Crippen molar-refractivity contribution in [3.05, 3.63) is 70.8 Å². The molecule has 2 heterocycles. The van der Waals surface area contributed by atoms with Crippen molar-refractivity contribution in [2.45, 2.75) is 25.6 Å². The number of hydrogen-bond acceptors (Lipinski definition) is 4. The molecule has 0 unspecified atom stereocenters. The van der Waals surface area contributed by atoms with Gasteiger partial charge in [0.2, 0.25) is 0 Å². The molecule has 176 valence electrons. The van der Waals surface area contributed by atoms with Gasteiger partial charge >= 0.3 is 12.2 Å². The number of piperidine rings is 1. The van der Waals surface area contributed by atoms with Crippen LogP contribution in [0.1, 0.15) is 24.1 Å². The number of aromatic nitrogens is 2. The number of phenolic OH excluding ortho intramolecular Hbond substituents is 1. The first-order valence-corrected chi connectivity index (χ1v) is 10.8. The maximum Gasteiger partial charge on any atom is 0.436 e. The quantitative estimate of drug-likeness (QED) is 0.458. The summed E-state index contributed by atoms with van der Waals surface area (Å²) in [5.41, 5.74) is -0.476. The van der Waals surface area contributed by atoms with E-state index in [9.17, 15) is 22.7 Å². The van der Waals surface area contributed by atoms with E-state index in [4.69, 9.17) is 16.3 Å². The molecule has 0 spiro atoms. The van der Waals surface area contributed by atoms with Gasteiger partial charge in [0.05, 0.1) is 12.3 Å².